The second kappa shape index (κ2) is 24.0. The Morgan fingerprint density at radius 2 is 0.987 bits per heavy atom. The smallest absolute Gasteiger partial charge is 0.402 e. The number of aliphatic hydroxyl groups excluding tert-OH is 9. The summed E-state index contributed by atoms with van der Waals surface area (Å²) < 4.78 is 52.3. The van der Waals surface area contributed by atoms with Crippen molar-refractivity contribution in [2.24, 2.45) is 0 Å². The molecule has 4 heterocycles. The standard InChI is InChI=1S/C51H52O27/c52-17-34-39(62)42(65)45(68)49(75-34)73-32-15-23(53)14-31-24(32)16-33(47(72-31)22-5-8-27(56)30(59)13-22)74-51-48(44(67)41(64)36(77-51)19-71-38(61)10-4-21-2-7-26(55)29(58)12-21)78-50-46(69)43(66)40(63)35(76-50)18-70-37(60)9-3-20-1-6-25(54)28(57)11-20/h1-16,34-36,39-46,48-52,62-69H,17-19H2,(H6-,53,54,55,56,57,58,59,60,61)/p+1/t34-,35-,36-,39-,40-,41-,42+,43+,44+,45-,46-,48-,49-,50+,51+/m1/s1. The molecule has 4 aromatic carbocycles. The molecule has 0 bridgehead atoms. The Hall–Kier alpha value is -7.61. The quantitative estimate of drug-likeness (QED) is 0.0245. The number of hydrogen-bond donors (Lipinski definition) is 16. The summed E-state index contributed by atoms with van der Waals surface area (Å²) in [6.45, 7) is -2.48. The third-order valence-electron chi connectivity index (χ3n) is 12.6. The van der Waals surface area contributed by atoms with Crippen LogP contribution in [0.3, 0.4) is 0 Å². The minimum absolute atomic E-state index is 0.0633. The molecule has 0 amide bonds. The van der Waals surface area contributed by atoms with E-state index in [0.29, 0.717) is 0 Å². The van der Waals surface area contributed by atoms with E-state index < -0.39 is 170 Å². The first kappa shape index (κ1) is 56.6. The summed E-state index contributed by atoms with van der Waals surface area (Å²) in [6, 6.07) is 13.9. The van der Waals surface area contributed by atoms with E-state index in [2.05, 4.69) is 0 Å². The van der Waals surface area contributed by atoms with Crippen LogP contribution in [-0.4, -0.2) is 206 Å². The number of fused-ring (bicyclic) bond motifs is 1. The molecular formula is C51H53O27+. The van der Waals surface area contributed by atoms with E-state index in [9.17, 15) is 91.3 Å². The van der Waals surface area contributed by atoms with Gasteiger partial charge in [-0.2, -0.15) is 0 Å². The lowest BCUT2D eigenvalue weighted by Crippen LogP contribution is -2.65. The number of hydrogen-bond acceptors (Lipinski definition) is 26. The molecule has 3 fully saturated rings. The first-order chi connectivity index (χ1) is 37.1. The number of carbonyl (C=O) groups excluding carboxylic acids is 2. The molecule has 27 heteroatoms. The maximum Gasteiger partial charge on any atom is 0.402 e. The SMILES string of the molecule is O=C(/C=C/c1ccc(O)c(O)c1)OC[C@H]1O[C@@H](O[C@H]2[C@@H](Oc3cc4c(O[C@@H]5O[C@H](CO)[C@@H](O)[C@H](O)[C@H]5O)cc(O)cc4[o+]c3-c3ccc(O)c(O)c3)O[C@H](COC(=O)/C=C/c3ccc(O)c(O)c3)[C@@H](O)[C@@H]2O)[C@H](O)[C@@H](O)[C@@H]1O. The Balaban J connectivity index is 1.13. The first-order valence-corrected chi connectivity index (χ1v) is 23.5. The van der Waals surface area contributed by atoms with Crippen molar-refractivity contribution in [3.05, 3.63) is 96.1 Å². The van der Waals surface area contributed by atoms with Gasteiger partial charge in [0, 0.05) is 30.4 Å². The van der Waals surface area contributed by atoms with Crippen molar-refractivity contribution in [1.29, 1.82) is 0 Å². The third-order valence-corrected chi connectivity index (χ3v) is 12.6. The van der Waals surface area contributed by atoms with Crippen molar-refractivity contribution < 1.29 is 134 Å². The molecular weight excluding hydrogens is 1040 g/mol. The monoisotopic (exact) mass is 1100 g/mol. The van der Waals surface area contributed by atoms with E-state index in [1.165, 1.54) is 30.4 Å². The van der Waals surface area contributed by atoms with Crippen molar-refractivity contribution >= 4 is 35.1 Å². The number of phenolic OH excluding ortho intramolecular Hbond substituents is 7. The molecule has 3 aliphatic heterocycles. The van der Waals surface area contributed by atoms with Crippen molar-refractivity contribution in [3.63, 3.8) is 0 Å². The zero-order valence-electron chi connectivity index (χ0n) is 40.2. The number of carbonyl (C=O) groups is 2. The Morgan fingerprint density at radius 3 is 1.54 bits per heavy atom. The van der Waals surface area contributed by atoms with E-state index >= 15 is 0 Å². The van der Waals surface area contributed by atoms with Gasteiger partial charge < -0.3 is 120 Å². The summed E-state index contributed by atoms with van der Waals surface area (Å²) in [6.07, 6.45) is -24.8. The summed E-state index contributed by atoms with van der Waals surface area (Å²) in [5, 5.41) is 168. The van der Waals surface area contributed by atoms with Crippen LogP contribution in [0.25, 0.3) is 34.4 Å². The molecule has 15 atom stereocenters. The predicted molar refractivity (Wildman–Crippen MR) is 258 cm³/mol. The molecule has 418 valence electrons. The number of ether oxygens (including phenoxy) is 8. The molecule has 3 aliphatic rings. The lowest BCUT2D eigenvalue weighted by Gasteiger charge is -2.45. The molecule has 27 nitrogen and oxygen atoms in total. The molecule has 0 spiro atoms. The lowest BCUT2D eigenvalue weighted by atomic mass is 9.97. The average Bonchev–Trinajstić information content (AvgIpc) is 3.48. The van der Waals surface area contributed by atoms with E-state index in [4.69, 9.17) is 42.3 Å². The van der Waals surface area contributed by atoms with Gasteiger partial charge in [0.25, 0.3) is 0 Å². The maximum atomic E-state index is 12.9. The van der Waals surface area contributed by atoms with Crippen molar-refractivity contribution in [2.45, 2.75) is 92.1 Å². The number of aromatic hydroxyl groups is 7. The van der Waals surface area contributed by atoms with E-state index in [-0.39, 0.29) is 39.2 Å². The zero-order valence-corrected chi connectivity index (χ0v) is 40.2. The average molecular weight is 1100 g/mol. The summed E-state index contributed by atoms with van der Waals surface area (Å²) in [5.41, 5.74) is 0.231. The van der Waals surface area contributed by atoms with Crippen LogP contribution in [0.2, 0.25) is 0 Å². The highest BCUT2D eigenvalue weighted by atomic mass is 16.8. The molecule has 3 saturated heterocycles. The van der Waals surface area contributed by atoms with Gasteiger partial charge in [-0.05, 0) is 59.7 Å². The number of rotatable bonds is 16. The summed E-state index contributed by atoms with van der Waals surface area (Å²) in [7, 11) is 0. The van der Waals surface area contributed by atoms with Crippen LogP contribution in [0.4, 0.5) is 0 Å². The molecule has 5 aromatic rings. The van der Waals surface area contributed by atoms with Gasteiger partial charge in [0.2, 0.25) is 18.3 Å². The molecule has 78 heavy (non-hydrogen) atoms. The topological polar surface area (TPSA) is 443 Å². The highest BCUT2D eigenvalue weighted by Gasteiger charge is 2.53. The van der Waals surface area contributed by atoms with Crippen molar-refractivity contribution in [3.8, 4) is 63.1 Å². The fraction of sp³-hybridized carbons (Fsp3) is 0.353. The second-order valence-corrected chi connectivity index (χ2v) is 18.0. The molecule has 0 radical (unpaired) electrons. The largest absolute Gasteiger partial charge is 0.507 e. The van der Waals surface area contributed by atoms with Crippen LogP contribution >= 0.6 is 0 Å². The van der Waals surface area contributed by atoms with Crippen LogP contribution < -0.4 is 9.47 Å². The van der Waals surface area contributed by atoms with Crippen molar-refractivity contribution in [1.82, 2.24) is 0 Å². The van der Waals surface area contributed by atoms with Gasteiger partial charge in [-0.3, -0.25) is 0 Å². The fourth-order valence-electron chi connectivity index (χ4n) is 8.28. The fourth-order valence-corrected chi connectivity index (χ4v) is 8.28. The molecule has 8 rings (SSSR count). The van der Waals surface area contributed by atoms with Crippen LogP contribution in [-0.2, 0) is 38.0 Å². The van der Waals surface area contributed by atoms with Gasteiger partial charge >= 0.3 is 23.3 Å². The number of esters is 2. The third kappa shape index (κ3) is 12.5. The number of phenols is 7. The summed E-state index contributed by atoms with van der Waals surface area (Å²) in [5.74, 6) is -6.86. The number of benzene rings is 4. The molecule has 0 saturated carbocycles. The van der Waals surface area contributed by atoms with Gasteiger partial charge in [0.05, 0.1) is 18.2 Å². The Morgan fingerprint density at radius 1 is 0.500 bits per heavy atom. The Kier molecular flexibility index (Phi) is 17.4. The summed E-state index contributed by atoms with van der Waals surface area (Å²) in [4.78, 5) is 25.7. The van der Waals surface area contributed by atoms with Gasteiger partial charge in [-0.1, -0.05) is 12.1 Å². The van der Waals surface area contributed by atoms with Crippen molar-refractivity contribution in [2.75, 3.05) is 19.8 Å². The van der Waals surface area contributed by atoms with E-state index in [1.54, 1.807) is 0 Å². The Bertz CT molecular complexity index is 3020. The molecule has 16 N–H and O–H groups in total. The zero-order chi connectivity index (χ0) is 56.3. The van der Waals surface area contributed by atoms with Crippen LogP contribution in [0.1, 0.15) is 11.1 Å². The van der Waals surface area contributed by atoms with Crippen LogP contribution in [0, 0.1) is 0 Å². The second-order valence-electron chi connectivity index (χ2n) is 18.0. The lowest BCUT2D eigenvalue weighted by molar-refractivity contribution is -0.358. The minimum Gasteiger partial charge on any atom is -0.507 e. The predicted octanol–water partition coefficient (Wildman–Crippen LogP) is -0.970. The van der Waals surface area contributed by atoms with Gasteiger partial charge in [-0.25, -0.2) is 14.0 Å². The summed E-state index contributed by atoms with van der Waals surface area (Å²) >= 11 is 0. The highest BCUT2D eigenvalue weighted by Crippen LogP contribution is 2.44. The molecule has 0 unspecified atom stereocenters. The van der Waals surface area contributed by atoms with E-state index in [1.807, 2.05) is 0 Å². The molecule has 0 aliphatic carbocycles. The maximum absolute atomic E-state index is 12.9. The van der Waals surface area contributed by atoms with Gasteiger partial charge in [0.15, 0.2) is 46.9 Å². The minimum atomic E-state index is -2.19. The van der Waals surface area contributed by atoms with E-state index in [0.717, 1.165) is 66.7 Å². The molecule has 1 aromatic heterocycles. The Labute approximate surface area is 438 Å². The van der Waals surface area contributed by atoms with Gasteiger partial charge in [-0.15, -0.1) is 0 Å². The van der Waals surface area contributed by atoms with Crippen LogP contribution in [0.15, 0.2) is 89.4 Å². The first-order valence-electron chi connectivity index (χ1n) is 23.5. The van der Waals surface area contributed by atoms with Gasteiger partial charge in [0.1, 0.15) is 97.2 Å². The highest BCUT2D eigenvalue weighted by molar-refractivity contribution is 5.89. The van der Waals surface area contributed by atoms with Crippen LogP contribution in [0.5, 0.6) is 51.7 Å². The normalized spacial score (nSPS) is 29.4. The number of aliphatic hydroxyl groups is 9.